The van der Waals surface area contributed by atoms with Gasteiger partial charge in [0.1, 0.15) is 18.7 Å². The maximum atomic E-state index is 4.50. The summed E-state index contributed by atoms with van der Waals surface area (Å²) in [5, 5.41) is 12.0. The van der Waals surface area contributed by atoms with Crippen molar-refractivity contribution in [3.05, 3.63) is 30.1 Å². The van der Waals surface area contributed by atoms with Gasteiger partial charge in [-0.1, -0.05) is 0 Å². The van der Waals surface area contributed by atoms with Gasteiger partial charge in [-0.2, -0.15) is 10.2 Å². The van der Waals surface area contributed by atoms with E-state index in [1.807, 2.05) is 24.0 Å². The first-order chi connectivity index (χ1) is 8.44. The van der Waals surface area contributed by atoms with Crippen LogP contribution in [0.5, 0.6) is 0 Å². The van der Waals surface area contributed by atoms with Gasteiger partial charge in [-0.05, 0) is 26.8 Å². The predicted molar refractivity (Wildman–Crippen MR) is 68.9 cm³/mol. The summed E-state index contributed by atoms with van der Waals surface area (Å²) >= 11 is 0. The molecule has 6 nitrogen and oxygen atoms in total. The normalized spacial score (nSPS) is 12.0. The van der Waals surface area contributed by atoms with E-state index in [1.165, 1.54) is 0 Å². The average Bonchev–Trinajstić information content (AvgIpc) is 2.86. The highest BCUT2D eigenvalue weighted by Crippen LogP contribution is 2.03. The number of rotatable bonds is 4. The minimum absolute atomic E-state index is 0.105. The van der Waals surface area contributed by atoms with Crippen molar-refractivity contribution in [2.45, 2.75) is 39.4 Å². The van der Waals surface area contributed by atoms with E-state index in [2.05, 4.69) is 41.3 Å². The van der Waals surface area contributed by atoms with Gasteiger partial charge in [-0.15, -0.1) is 0 Å². The van der Waals surface area contributed by atoms with Crippen molar-refractivity contribution in [3.63, 3.8) is 0 Å². The Hall–Kier alpha value is -1.69. The first-order valence-corrected chi connectivity index (χ1v) is 6.04. The number of nitrogens with zero attached hydrogens (tertiary/aromatic N) is 5. The third-order valence-corrected chi connectivity index (χ3v) is 2.60. The molecule has 0 spiro atoms. The predicted octanol–water partition coefficient (Wildman–Crippen LogP) is 0.948. The van der Waals surface area contributed by atoms with Crippen molar-refractivity contribution in [3.8, 4) is 0 Å². The average molecular weight is 248 g/mol. The summed E-state index contributed by atoms with van der Waals surface area (Å²) in [7, 11) is 1.88. The van der Waals surface area contributed by atoms with E-state index in [-0.39, 0.29) is 5.54 Å². The minimum atomic E-state index is 0.105. The third kappa shape index (κ3) is 3.40. The Morgan fingerprint density at radius 3 is 2.72 bits per heavy atom. The molecule has 0 amide bonds. The van der Waals surface area contributed by atoms with Crippen molar-refractivity contribution in [1.82, 2.24) is 29.9 Å². The number of aromatic nitrogens is 5. The lowest BCUT2D eigenvalue weighted by molar-refractivity contribution is 0.419. The summed E-state index contributed by atoms with van der Waals surface area (Å²) < 4.78 is 3.64. The van der Waals surface area contributed by atoms with Crippen LogP contribution in [0.25, 0.3) is 0 Å². The molecule has 1 N–H and O–H groups in total. The van der Waals surface area contributed by atoms with E-state index in [0.29, 0.717) is 6.54 Å². The number of aryl methyl sites for hydroxylation is 1. The van der Waals surface area contributed by atoms with Crippen molar-refractivity contribution in [2.24, 2.45) is 7.05 Å². The maximum Gasteiger partial charge on any atom is 0.148 e. The highest BCUT2D eigenvalue weighted by Gasteiger charge is 2.10. The lowest BCUT2D eigenvalue weighted by Gasteiger charge is -2.19. The summed E-state index contributed by atoms with van der Waals surface area (Å²) in [6, 6.07) is 2.02. The van der Waals surface area contributed by atoms with Crippen LogP contribution in [0.1, 0.15) is 32.3 Å². The van der Waals surface area contributed by atoms with Crippen molar-refractivity contribution in [2.75, 3.05) is 0 Å². The Labute approximate surface area is 107 Å². The second-order valence-electron chi connectivity index (χ2n) is 5.41. The van der Waals surface area contributed by atoms with Gasteiger partial charge in [0.25, 0.3) is 0 Å². The van der Waals surface area contributed by atoms with E-state index in [4.69, 9.17) is 0 Å². The lowest BCUT2D eigenvalue weighted by atomic mass is 10.1. The van der Waals surface area contributed by atoms with Crippen LogP contribution in [-0.4, -0.2) is 30.1 Å². The Morgan fingerprint density at radius 2 is 2.11 bits per heavy atom. The minimum Gasteiger partial charge on any atom is -0.306 e. The molecule has 0 aliphatic carbocycles. The highest BCUT2D eigenvalue weighted by atomic mass is 15.4. The van der Waals surface area contributed by atoms with Gasteiger partial charge in [0.15, 0.2) is 0 Å². The molecule has 2 aromatic rings. The van der Waals surface area contributed by atoms with Crippen LogP contribution < -0.4 is 5.32 Å². The Bertz CT molecular complexity index is 505. The molecule has 0 unspecified atom stereocenters. The van der Waals surface area contributed by atoms with Gasteiger partial charge in [0.05, 0.1) is 5.69 Å². The zero-order valence-electron chi connectivity index (χ0n) is 11.4. The largest absolute Gasteiger partial charge is 0.306 e. The van der Waals surface area contributed by atoms with E-state index in [1.54, 1.807) is 11.0 Å². The SMILES string of the molecule is Cn1ncnc1Cn1ccc(CNC(C)(C)C)n1. The number of nitrogens with one attached hydrogen (secondary N) is 1. The van der Waals surface area contributed by atoms with Gasteiger partial charge in [-0.25, -0.2) is 4.98 Å². The van der Waals surface area contributed by atoms with Gasteiger partial charge < -0.3 is 5.32 Å². The van der Waals surface area contributed by atoms with Crippen LogP contribution in [0.3, 0.4) is 0 Å². The summed E-state index contributed by atoms with van der Waals surface area (Å²) in [6.07, 6.45) is 3.52. The lowest BCUT2D eigenvalue weighted by Crippen LogP contribution is -2.35. The fourth-order valence-electron chi connectivity index (χ4n) is 1.55. The van der Waals surface area contributed by atoms with Gasteiger partial charge in [0.2, 0.25) is 0 Å². The van der Waals surface area contributed by atoms with Crippen LogP contribution >= 0.6 is 0 Å². The second kappa shape index (κ2) is 4.89. The molecule has 0 fully saturated rings. The van der Waals surface area contributed by atoms with Crippen LogP contribution in [0.2, 0.25) is 0 Å². The van der Waals surface area contributed by atoms with Gasteiger partial charge >= 0.3 is 0 Å². The van der Waals surface area contributed by atoms with E-state index in [0.717, 1.165) is 18.1 Å². The molecule has 98 valence electrons. The molecule has 2 aromatic heterocycles. The van der Waals surface area contributed by atoms with Crippen molar-refractivity contribution in [1.29, 1.82) is 0 Å². The number of hydrogen-bond acceptors (Lipinski definition) is 4. The highest BCUT2D eigenvalue weighted by molar-refractivity contribution is 5.00. The van der Waals surface area contributed by atoms with Crippen molar-refractivity contribution < 1.29 is 0 Å². The van der Waals surface area contributed by atoms with Crippen LogP contribution in [0.4, 0.5) is 0 Å². The summed E-state index contributed by atoms with van der Waals surface area (Å²) in [5.41, 5.74) is 1.14. The van der Waals surface area contributed by atoms with E-state index >= 15 is 0 Å². The zero-order valence-corrected chi connectivity index (χ0v) is 11.4. The third-order valence-electron chi connectivity index (χ3n) is 2.60. The Balaban J connectivity index is 1.96. The van der Waals surface area contributed by atoms with Crippen LogP contribution in [0.15, 0.2) is 18.6 Å². The molecule has 0 radical (unpaired) electrons. The summed E-state index contributed by atoms with van der Waals surface area (Å²) in [4.78, 5) is 4.18. The zero-order chi connectivity index (χ0) is 13.2. The van der Waals surface area contributed by atoms with E-state index < -0.39 is 0 Å². The molecule has 2 rings (SSSR count). The molecule has 0 saturated heterocycles. The smallest absolute Gasteiger partial charge is 0.148 e. The molecule has 0 aromatic carbocycles. The molecule has 0 atom stereocenters. The molecular weight excluding hydrogens is 228 g/mol. The van der Waals surface area contributed by atoms with Gasteiger partial charge in [-0.3, -0.25) is 9.36 Å². The summed E-state index contributed by atoms with van der Waals surface area (Å²) in [6.45, 7) is 7.85. The molecule has 0 aliphatic heterocycles. The maximum absolute atomic E-state index is 4.50. The Morgan fingerprint density at radius 1 is 1.33 bits per heavy atom. The molecular formula is C12H20N6. The quantitative estimate of drug-likeness (QED) is 0.875. The number of hydrogen-bond donors (Lipinski definition) is 1. The molecule has 18 heavy (non-hydrogen) atoms. The fraction of sp³-hybridized carbons (Fsp3) is 0.583. The second-order valence-corrected chi connectivity index (χ2v) is 5.41. The molecule has 0 aliphatic rings. The molecule has 0 bridgehead atoms. The first-order valence-electron chi connectivity index (χ1n) is 6.04. The fourth-order valence-corrected chi connectivity index (χ4v) is 1.55. The summed E-state index contributed by atoms with van der Waals surface area (Å²) in [5.74, 6) is 0.897. The molecule has 6 heteroatoms. The van der Waals surface area contributed by atoms with E-state index in [9.17, 15) is 0 Å². The monoisotopic (exact) mass is 248 g/mol. The molecule has 0 saturated carbocycles. The Kier molecular flexibility index (Phi) is 3.47. The topological polar surface area (TPSA) is 60.6 Å². The van der Waals surface area contributed by atoms with Crippen molar-refractivity contribution >= 4 is 0 Å². The van der Waals surface area contributed by atoms with Gasteiger partial charge in [0, 0.05) is 25.3 Å². The first kappa shape index (κ1) is 12.8. The van der Waals surface area contributed by atoms with Crippen LogP contribution in [0, 0.1) is 0 Å². The standard InChI is InChI=1S/C12H20N6/c1-12(2,3)14-7-10-5-6-18(16-10)8-11-13-9-15-17(11)4/h5-6,9,14H,7-8H2,1-4H3. The van der Waals surface area contributed by atoms with Crippen LogP contribution in [-0.2, 0) is 20.1 Å². The molecule has 2 heterocycles.